The number of thiophene rings is 1. The average molecular weight is 628 g/mol. The molecule has 0 radical (unpaired) electrons. The Labute approximate surface area is 282 Å². The molecule has 0 N–H and O–H groups in total. The summed E-state index contributed by atoms with van der Waals surface area (Å²) in [6, 6.07) is 64.6. The minimum atomic E-state index is 1.13. The third-order valence-electron chi connectivity index (χ3n) is 9.80. The summed E-state index contributed by atoms with van der Waals surface area (Å²) >= 11 is 1.87. The van der Waals surface area contributed by atoms with Crippen molar-refractivity contribution in [2.24, 2.45) is 0 Å². The second-order valence-corrected chi connectivity index (χ2v) is 13.6. The number of hydrogen-bond acceptors (Lipinski definition) is 2. The van der Waals surface area contributed by atoms with E-state index in [1.165, 1.54) is 74.4 Å². The van der Waals surface area contributed by atoms with Crippen LogP contribution in [0.1, 0.15) is 0 Å². The SMILES string of the molecule is c1ccc(-c2cccc(N(c3ccc4ccc5sc6ccccc6c5c4c3)c3cccc4c3ccc3ccc5ccccc5c34)c2)cc1. The van der Waals surface area contributed by atoms with Crippen LogP contribution < -0.4 is 4.90 Å². The van der Waals surface area contributed by atoms with E-state index in [9.17, 15) is 0 Å². The Hall–Kier alpha value is -5.96. The molecular weight excluding hydrogens is 599 g/mol. The largest absolute Gasteiger partial charge is 0.310 e. The summed E-state index contributed by atoms with van der Waals surface area (Å²) < 4.78 is 2.65. The molecule has 0 bridgehead atoms. The van der Waals surface area contributed by atoms with E-state index in [0.717, 1.165) is 17.1 Å². The van der Waals surface area contributed by atoms with Crippen molar-refractivity contribution in [2.75, 3.05) is 4.90 Å². The molecule has 48 heavy (non-hydrogen) atoms. The van der Waals surface area contributed by atoms with E-state index in [1.54, 1.807) is 0 Å². The second kappa shape index (κ2) is 10.8. The van der Waals surface area contributed by atoms with Gasteiger partial charge in [-0.25, -0.2) is 0 Å². The highest BCUT2D eigenvalue weighted by molar-refractivity contribution is 7.26. The van der Waals surface area contributed by atoms with Gasteiger partial charge in [0.2, 0.25) is 0 Å². The van der Waals surface area contributed by atoms with E-state index in [4.69, 9.17) is 0 Å². The smallest absolute Gasteiger partial charge is 0.0540 e. The van der Waals surface area contributed by atoms with E-state index >= 15 is 0 Å². The highest BCUT2D eigenvalue weighted by atomic mass is 32.1. The lowest BCUT2D eigenvalue weighted by molar-refractivity contribution is 1.30. The molecule has 0 saturated heterocycles. The highest BCUT2D eigenvalue weighted by Crippen LogP contribution is 2.45. The summed E-state index contributed by atoms with van der Waals surface area (Å²) in [6.45, 7) is 0. The fraction of sp³-hybridized carbons (Fsp3) is 0. The lowest BCUT2D eigenvalue weighted by atomic mass is 9.95. The lowest BCUT2D eigenvalue weighted by Gasteiger charge is -2.28. The Bertz CT molecular complexity index is 2850. The van der Waals surface area contributed by atoms with Gasteiger partial charge in [0.05, 0.1) is 5.69 Å². The first-order valence-corrected chi connectivity index (χ1v) is 17.2. The van der Waals surface area contributed by atoms with Crippen molar-refractivity contribution in [1.82, 2.24) is 0 Å². The zero-order valence-electron chi connectivity index (χ0n) is 26.1. The fourth-order valence-electron chi connectivity index (χ4n) is 7.59. The normalized spacial score (nSPS) is 11.8. The molecule has 1 aromatic heterocycles. The number of benzene rings is 9. The zero-order chi connectivity index (χ0) is 31.6. The van der Waals surface area contributed by atoms with E-state index in [2.05, 4.69) is 181 Å². The first-order chi connectivity index (χ1) is 23.8. The van der Waals surface area contributed by atoms with Crippen molar-refractivity contribution < 1.29 is 0 Å². The molecule has 10 aromatic rings. The van der Waals surface area contributed by atoms with Crippen molar-refractivity contribution in [1.29, 1.82) is 0 Å². The third-order valence-corrected chi connectivity index (χ3v) is 10.9. The van der Waals surface area contributed by atoms with Crippen molar-refractivity contribution in [2.45, 2.75) is 0 Å². The maximum Gasteiger partial charge on any atom is 0.0540 e. The predicted octanol–water partition coefficient (Wildman–Crippen LogP) is 13.8. The first kappa shape index (κ1) is 27.2. The number of anilines is 3. The summed E-state index contributed by atoms with van der Waals surface area (Å²) in [5.74, 6) is 0. The molecule has 0 aliphatic heterocycles. The van der Waals surface area contributed by atoms with Crippen LogP contribution in [0.15, 0.2) is 176 Å². The monoisotopic (exact) mass is 627 g/mol. The summed E-state index contributed by atoms with van der Waals surface area (Å²) in [6.07, 6.45) is 0. The van der Waals surface area contributed by atoms with Crippen LogP contribution in [0.3, 0.4) is 0 Å². The molecule has 0 atom stereocenters. The molecule has 1 nitrogen and oxygen atoms in total. The van der Waals surface area contributed by atoms with E-state index < -0.39 is 0 Å². The van der Waals surface area contributed by atoms with Gasteiger partial charge in [-0.05, 0) is 91.3 Å². The highest BCUT2D eigenvalue weighted by Gasteiger charge is 2.19. The molecule has 0 unspecified atom stereocenters. The number of hydrogen-bond donors (Lipinski definition) is 0. The molecule has 224 valence electrons. The molecule has 0 spiro atoms. The molecule has 0 fully saturated rings. The maximum absolute atomic E-state index is 2.46. The van der Waals surface area contributed by atoms with E-state index in [-0.39, 0.29) is 0 Å². The van der Waals surface area contributed by atoms with Crippen LogP contribution in [-0.4, -0.2) is 0 Å². The summed E-state index contributed by atoms with van der Waals surface area (Å²) in [7, 11) is 0. The van der Waals surface area contributed by atoms with Gasteiger partial charge in [0, 0.05) is 36.9 Å². The molecule has 0 aliphatic rings. The van der Waals surface area contributed by atoms with Crippen LogP contribution in [0.5, 0.6) is 0 Å². The Morgan fingerprint density at radius 1 is 0.333 bits per heavy atom. The van der Waals surface area contributed by atoms with Crippen LogP contribution in [0.4, 0.5) is 17.1 Å². The maximum atomic E-state index is 2.46. The van der Waals surface area contributed by atoms with E-state index in [0.29, 0.717) is 0 Å². The molecule has 0 aliphatic carbocycles. The average Bonchev–Trinajstić information content (AvgIpc) is 3.54. The quantitative estimate of drug-likeness (QED) is 0.176. The van der Waals surface area contributed by atoms with Gasteiger partial charge in [-0.1, -0.05) is 133 Å². The predicted molar refractivity (Wildman–Crippen MR) is 209 cm³/mol. The molecule has 0 saturated carbocycles. The van der Waals surface area contributed by atoms with Crippen molar-refractivity contribution in [3.63, 3.8) is 0 Å². The molecule has 2 heteroatoms. The first-order valence-electron chi connectivity index (χ1n) is 16.4. The second-order valence-electron chi connectivity index (χ2n) is 12.5. The zero-order valence-corrected chi connectivity index (χ0v) is 26.9. The van der Waals surface area contributed by atoms with Gasteiger partial charge in [0.15, 0.2) is 0 Å². The third kappa shape index (κ3) is 4.24. The van der Waals surface area contributed by atoms with Crippen LogP contribution in [0.2, 0.25) is 0 Å². The van der Waals surface area contributed by atoms with Crippen LogP contribution >= 0.6 is 11.3 Å². The van der Waals surface area contributed by atoms with Gasteiger partial charge in [-0.15, -0.1) is 11.3 Å². The van der Waals surface area contributed by atoms with E-state index in [1.807, 2.05) is 11.3 Å². The Kier molecular flexibility index (Phi) is 6.12. The van der Waals surface area contributed by atoms with Crippen molar-refractivity contribution in [3.8, 4) is 11.1 Å². The summed E-state index contributed by atoms with van der Waals surface area (Å²) in [5, 5.41) is 12.8. The molecule has 0 amide bonds. The topological polar surface area (TPSA) is 3.24 Å². The number of fused-ring (bicyclic) bond motifs is 10. The van der Waals surface area contributed by atoms with Gasteiger partial charge in [0.1, 0.15) is 0 Å². The van der Waals surface area contributed by atoms with Crippen LogP contribution in [0.25, 0.3) is 74.4 Å². The minimum absolute atomic E-state index is 1.13. The molecule has 9 aromatic carbocycles. The standard InChI is InChI=1S/C46H29NS/c1-2-10-30(11-3-1)34-13-8-14-35(28-34)47(36-25-22-32-24-27-44-46(41(32)29-36)40-16-6-7-19-43(40)48-44)42-18-9-17-39-38(42)26-23-33-21-20-31-12-4-5-15-37(31)45(33)39/h1-29H. The van der Waals surface area contributed by atoms with Crippen molar-refractivity contribution in [3.05, 3.63) is 176 Å². The minimum Gasteiger partial charge on any atom is -0.310 e. The molecule has 10 rings (SSSR count). The molecular formula is C46H29NS. The van der Waals surface area contributed by atoms with Crippen LogP contribution in [0, 0.1) is 0 Å². The van der Waals surface area contributed by atoms with Gasteiger partial charge < -0.3 is 4.90 Å². The summed E-state index contributed by atoms with van der Waals surface area (Å²) in [4.78, 5) is 2.46. The lowest BCUT2D eigenvalue weighted by Crippen LogP contribution is -2.10. The van der Waals surface area contributed by atoms with Crippen molar-refractivity contribution >= 4 is 91.7 Å². The number of rotatable bonds is 4. The molecule has 1 heterocycles. The van der Waals surface area contributed by atoms with Gasteiger partial charge >= 0.3 is 0 Å². The van der Waals surface area contributed by atoms with Gasteiger partial charge in [0.25, 0.3) is 0 Å². The van der Waals surface area contributed by atoms with Gasteiger partial charge in [-0.3, -0.25) is 0 Å². The Balaban J connectivity index is 1.28. The van der Waals surface area contributed by atoms with Crippen LogP contribution in [-0.2, 0) is 0 Å². The Morgan fingerprint density at radius 2 is 1.00 bits per heavy atom. The summed E-state index contributed by atoms with van der Waals surface area (Å²) in [5.41, 5.74) is 5.83. The van der Waals surface area contributed by atoms with Gasteiger partial charge in [-0.2, -0.15) is 0 Å². The fourth-order valence-corrected chi connectivity index (χ4v) is 8.72. The Morgan fingerprint density at radius 3 is 1.94 bits per heavy atom. The number of nitrogens with zero attached hydrogens (tertiary/aromatic N) is 1.